The van der Waals surface area contributed by atoms with E-state index in [4.69, 9.17) is 0 Å². The molecular weight excluding hydrogens is 222 g/mol. The van der Waals surface area contributed by atoms with E-state index in [0.29, 0.717) is 11.6 Å². The van der Waals surface area contributed by atoms with Crippen molar-refractivity contribution in [3.05, 3.63) is 41.2 Å². The Morgan fingerprint density at radius 3 is 2.94 bits per heavy atom. The van der Waals surface area contributed by atoms with Crippen LogP contribution in [0.15, 0.2) is 29.9 Å². The van der Waals surface area contributed by atoms with Gasteiger partial charge in [0.15, 0.2) is 5.13 Å². The summed E-state index contributed by atoms with van der Waals surface area (Å²) in [5.41, 5.74) is 1.85. The average molecular weight is 233 g/mol. The number of anilines is 1. The van der Waals surface area contributed by atoms with Crippen molar-refractivity contribution in [3.63, 3.8) is 0 Å². The summed E-state index contributed by atoms with van der Waals surface area (Å²) in [6.07, 6.45) is 3.71. The zero-order chi connectivity index (χ0) is 11.4. The molecule has 0 aromatic carbocycles. The number of pyridine rings is 1. The van der Waals surface area contributed by atoms with Crippen LogP contribution < -0.4 is 5.32 Å². The Kier molecular flexibility index (Phi) is 3.26. The molecule has 1 N–H and O–H groups in total. The van der Waals surface area contributed by atoms with Crippen molar-refractivity contribution < 1.29 is 4.79 Å². The fourth-order valence-corrected chi connectivity index (χ4v) is 1.78. The van der Waals surface area contributed by atoms with E-state index in [-0.39, 0.29) is 5.91 Å². The van der Waals surface area contributed by atoms with Gasteiger partial charge >= 0.3 is 0 Å². The summed E-state index contributed by atoms with van der Waals surface area (Å²) in [4.78, 5) is 19.7. The van der Waals surface area contributed by atoms with Crippen LogP contribution in [0.4, 0.5) is 5.13 Å². The van der Waals surface area contributed by atoms with Crippen LogP contribution in [0.3, 0.4) is 0 Å². The third-order valence-corrected chi connectivity index (χ3v) is 2.70. The van der Waals surface area contributed by atoms with E-state index in [0.717, 1.165) is 11.3 Å². The summed E-state index contributed by atoms with van der Waals surface area (Å²) < 4.78 is 0. The molecule has 0 saturated heterocycles. The molecule has 0 aliphatic carbocycles. The van der Waals surface area contributed by atoms with E-state index in [9.17, 15) is 4.79 Å². The van der Waals surface area contributed by atoms with Crippen molar-refractivity contribution in [2.24, 2.45) is 0 Å². The Hall–Kier alpha value is -1.75. The maximum Gasteiger partial charge on any atom is 0.230 e. The third-order valence-electron chi connectivity index (χ3n) is 2.02. The zero-order valence-electron chi connectivity index (χ0n) is 8.80. The Labute approximate surface area is 97.4 Å². The van der Waals surface area contributed by atoms with Gasteiger partial charge in [-0.3, -0.25) is 9.78 Å². The van der Waals surface area contributed by atoms with E-state index in [1.54, 1.807) is 12.4 Å². The first-order valence-corrected chi connectivity index (χ1v) is 5.73. The number of hydrogen-bond acceptors (Lipinski definition) is 4. The van der Waals surface area contributed by atoms with Gasteiger partial charge in [0.2, 0.25) is 5.91 Å². The van der Waals surface area contributed by atoms with E-state index in [1.165, 1.54) is 11.3 Å². The van der Waals surface area contributed by atoms with Crippen LogP contribution in [0.25, 0.3) is 0 Å². The number of aromatic nitrogens is 2. The fourth-order valence-electron chi connectivity index (χ4n) is 1.24. The quantitative estimate of drug-likeness (QED) is 0.882. The summed E-state index contributed by atoms with van der Waals surface area (Å²) in [5.74, 6) is -0.0689. The SMILES string of the molecule is Cc1ccc(CC(=O)Nc2nccs2)cn1. The molecule has 0 unspecified atom stereocenters. The summed E-state index contributed by atoms with van der Waals surface area (Å²) in [5, 5.41) is 5.18. The van der Waals surface area contributed by atoms with Crippen molar-refractivity contribution >= 4 is 22.4 Å². The molecule has 2 rings (SSSR count). The lowest BCUT2D eigenvalue weighted by molar-refractivity contribution is -0.115. The summed E-state index contributed by atoms with van der Waals surface area (Å²) in [6, 6.07) is 3.80. The van der Waals surface area contributed by atoms with Gasteiger partial charge in [-0.15, -0.1) is 11.3 Å². The van der Waals surface area contributed by atoms with E-state index in [1.807, 2.05) is 24.4 Å². The number of nitrogens with zero attached hydrogens (tertiary/aromatic N) is 2. The Morgan fingerprint density at radius 1 is 1.44 bits per heavy atom. The second-order valence-corrected chi connectivity index (χ2v) is 4.26. The van der Waals surface area contributed by atoms with Gasteiger partial charge in [-0.1, -0.05) is 6.07 Å². The molecular formula is C11H11N3OS. The van der Waals surface area contributed by atoms with Gasteiger partial charge in [0.1, 0.15) is 0 Å². The molecule has 0 aliphatic rings. The van der Waals surface area contributed by atoms with Crippen LogP contribution in [0, 0.1) is 6.92 Å². The van der Waals surface area contributed by atoms with Gasteiger partial charge in [-0.2, -0.15) is 0 Å². The van der Waals surface area contributed by atoms with Gasteiger partial charge < -0.3 is 5.32 Å². The van der Waals surface area contributed by atoms with Gasteiger partial charge in [-0.25, -0.2) is 4.98 Å². The molecule has 0 spiro atoms. The second-order valence-electron chi connectivity index (χ2n) is 3.37. The highest BCUT2D eigenvalue weighted by molar-refractivity contribution is 7.13. The predicted molar refractivity (Wildman–Crippen MR) is 63.4 cm³/mol. The largest absolute Gasteiger partial charge is 0.302 e. The van der Waals surface area contributed by atoms with Crippen LogP contribution >= 0.6 is 11.3 Å². The zero-order valence-corrected chi connectivity index (χ0v) is 9.62. The summed E-state index contributed by atoms with van der Waals surface area (Å²) in [6.45, 7) is 1.92. The Balaban J connectivity index is 1.95. The lowest BCUT2D eigenvalue weighted by Gasteiger charge is -2.01. The van der Waals surface area contributed by atoms with E-state index >= 15 is 0 Å². The maximum absolute atomic E-state index is 11.6. The molecule has 5 heteroatoms. The van der Waals surface area contributed by atoms with Crippen LogP contribution in [0.5, 0.6) is 0 Å². The van der Waals surface area contributed by atoms with Crippen LogP contribution in [0.1, 0.15) is 11.3 Å². The molecule has 4 nitrogen and oxygen atoms in total. The molecule has 0 atom stereocenters. The molecule has 0 radical (unpaired) electrons. The molecule has 0 saturated carbocycles. The van der Waals surface area contributed by atoms with Crippen molar-refractivity contribution in [2.75, 3.05) is 5.32 Å². The highest BCUT2D eigenvalue weighted by Gasteiger charge is 2.05. The monoisotopic (exact) mass is 233 g/mol. The van der Waals surface area contributed by atoms with E-state index < -0.39 is 0 Å². The van der Waals surface area contributed by atoms with Crippen LogP contribution in [0.2, 0.25) is 0 Å². The van der Waals surface area contributed by atoms with Gasteiger partial charge in [-0.05, 0) is 18.6 Å². The first-order chi connectivity index (χ1) is 7.74. The van der Waals surface area contributed by atoms with Crippen LogP contribution in [-0.2, 0) is 11.2 Å². The molecule has 82 valence electrons. The number of aryl methyl sites for hydroxylation is 1. The molecule has 0 fully saturated rings. The van der Waals surface area contributed by atoms with Gasteiger partial charge in [0, 0.05) is 23.5 Å². The molecule has 1 amide bonds. The minimum atomic E-state index is -0.0689. The number of carbonyl (C=O) groups excluding carboxylic acids is 1. The first-order valence-electron chi connectivity index (χ1n) is 4.85. The van der Waals surface area contributed by atoms with Gasteiger partial charge in [0.25, 0.3) is 0 Å². The van der Waals surface area contributed by atoms with Crippen molar-refractivity contribution in [2.45, 2.75) is 13.3 Å². The number of thiazole rings is 1. The third kappa shape index (κ3) is 2.87. The highest BCUT2D eigenvalue weighted by Crippen LogP contribution is 2.11. The topological polar surface area (TPSA) is 54.9 Å². The standard InChI is InChI=1S/C11H11N3OS/c1-8-2-3-9(7-13-8)6-10(15)14-11-12-4-5-16-11/h2-5,7H,6H2,1H3,(H,12,14,15). The smallest absolute Gasteiger partial charge is 0.230 e. The lowest BCUT2D eigenvalue weighted by atomic mass is 10.2. The van der Waals surface area contributed by atoms with E-state index in [2.05, 4.69) is 15.3 Å². The number of nitrogens with one attached hydrogen (secondary N) is 1. The number of hydrogen-bond donors (Lipinski definition) is 1. The average Bonchev–Trinajstić information content (AvgIpc) is 2.74. The maximum atomic E-state index is 11.6. The Morgan fingerprint density at radius 2 is 2.31 bits per heavy atom. The number of rotatable bonds is 3. The molecule has 2 heterocycles. The highest BCUT2D eigenvalue weighted by atomic mass is 32.1. The Bertz CT molecular complexity index is 464. The molecule has 16 heavy (non-hydrogen) atoms. The van der Waals surface area contributed by atoms with Crippen molar-refractivity contribution in [1.29, 1.82) is 0 Å². The van der Waals surface area contributed by atoms with Gasteiger partial charge in [0.05, 0.1) is 6.42 Å². The summed E-state index contributed by atoms with van der Waals surface area (Å²) >= 11 is 1.41. The number of amides is 1. The number of carbonyl (C=O) groups is 1. The minimum absolute atomic E-state index is 0.0689. The molecule has 2 aromatic rings. The molecule has 2 aromatic heterocycles. The predicted octanol–water partition coefficient (Wildman–Crippen LogP) is 2.03. The fraction of sp³-hybridized carbons (Fsp3) is 0.182. The minimum Gasteiger partial charge on any atom is -0.302 e. The normalized spacial score (nSPS) is 10.1. The van der Waals surface area contributed by atoms with Crippen molar-refractivity contribution in [3.8, 4) is 0 Å². The van der Waals surface area contributed by atoms with Crippen LogP contribution in [-0.4, -0.2) is 15.9 Å². The lowest BCUT2D eigenvalue weighted by Crippen LogP contribution is -2.14. The first kappa shape index (κ1) is 10.8. The summed E-state index contributed by atoms with van der Waals surface area (Å²) in [7, 11) is 0. The molecule has 0 bridgehead atoms. The molecule has 0 aliphatic heterocycles. The van der Waals surface area contributed by atoms with Crippen molar-refractivity contribution in [1.82, 2.24) is 9.97 Å². The second kappa shape index (κ2) is 4.85.